The molecule has 0 radical (unpaired) electrons. The Labute approximate surface area is 198 Å². The van der Waals surface area contributed by atoms with Crippen LogP contribution >= 0.6 is 34.7 Å². The average Bonchev–Trinajstić information content (AvgIpc) is 3.30. The number of anilines is 2. The molecule has 0 unspecified atom stereocenters. The van der Waals surface area contributed by atoms with Crippen molar-refractivity contribution in [2.75, 3.05) is 23.9 Å². The summed E-state index contributed by atoms with van der Waals surface area (Å²) >= 11 is 8.75. The first kappa shape index (κ1) is 23.4. The van der Waals surface area contributed by atoms with Crippen LogP contribution in [0.3, 0.4) is 0 Å². The highest BCUT2D eigenvalue weighted by atomic mass is 35.5. The van der Waals surface area contributed by atoms with Crippen molar-refractivity contribution in [1.82, 2.24) is 4.98 Å². The lowest BCUT2D eigenvalue weighted by Gasteiger charge is -2.13. The van der Waals surface area contributed by atoms with Gasteiger partial charge in [-0.05, 0) is 30.0 Å². The molecule has 0 saturated carbocycles. The van der Waals surface area contributed by atoms with Crippen LogP contribution in [0.15, 0.2) is 34.7 Å². The third kappa shape index (κ3) is 4.97. The fourth-order valence-electron chi connectivity index (χ4n) is 2.95. The summed E-state index contributed by atoms with van der Waals surface area (Å²) < 4.78 is 5.28. The highest BCUT2D eigenvalue weighted by Gasteiger charge is 2.21. The maximum atomic E-state index is 12.5. The Morgan fingerprint density at radius 2 is 2.09 bits per heavy atom. The Morgan fingerprint density at radius 3 is 2.72 bits per heavy atom. The molecule has 0 atom stereocenters. The number of nitrogens with zero attached hydrogens (tertiary/aromatic N) is 3. The van der Waals surface area contributed by atoms with Crippen molar-refractivity contribution in [3.8, 4) is 28.3 Å². The van der Waals surface area contributed by atoms with Crippen LogP contribution in [0.5, 0.6) is 5.75 Å². The van der Waals surface area contributed by atoms with E-state index in [0.717, 1.165) is 10.4 Å². The van der Waals surface area contributed by atoms with E-state index in [1.807, 2.05) is 30.5 Å². The van der Waals surface area contributed by atoms with Crippen molar-refractivity contribution in [2.45, 2.75) is 18.4 Å². The van der Waals surface area contributed by atoms with Crippen LogP contribution < -0.4 is 15.8 Å². The predicted molar refractivity (Wildman–Crippen MR) is 128 cm³/mol. The number of nitrogens with two attached hydrogens (primary N) is 1. The van der Waals surface area contributed by atoms with E-state index in [1.165, 1.54) is 30.2 Å². The lowest BCUT2D eigenvalue weighted by atomic mass is 10.0. The molecule has 0 aliphatic heterocycles. The standard InChI is InChI=1S/C22H18ClN5O2S2/c1-12-8-16(17(30-2)9-15(12)23)27-19(29)5-7-32-22-14(11-25)20(18-4-3-6-31-18)13(10-24)21(26)28-22/h3-4,6,8-9H,5,7H2,1-2H3,(H2,26,28)(H,27,29). The van der Waals surface area contributed by atoms with Crippen LogP contribution in [0.2, 0.25) is 5.02 Å². The van der Waals surface area contributed by atoms with Crippen LogP contribution in [0.1, 0.15) is 23.1 Å². The molecule has 162 valence electrons. The zero-order valence-electron chi connectivity index (χ0n) is 17.2. The van der Waals surface area contributed by atoms with Crippen LogP contribution in [-0.4, -0.2) is 23.8 Å². The number of amides is 1. The van der Waals surface area contributed by atoms with Gasteiger partial charge in [-0.2, -0.15) is 10.5 Å². The van der Waals surface area contributed by atoms with Crippen molar-refractivity contribution in [3.63, 3.8) is 0 Å². The van der Waals surface area contributed by atoms with Crippen LogP contribution in [0.25, 0.3) is 10.4 Å². The zero-order chi connectivity index (χ0) is 23.3. The molecule has 7 nitrogen and oxygen atoms in total. The number of nitrogen functional groups attached to an aromatic ring is 1. The van der Waals surface area contributed by atoms with Gasteiger partial charge in [-0.15, -0.1) is 23.1 Å². The molecule has 2 heterocycles. The first-order valence-corrected chi connectivity index (χ1v) is 11.6. The molecule has 3 aromatic rings. The Bertz CT molecular complexity index is 1250. The maximum absolute atomic E-state index is 12.5. The van der Waals surface area contributed by atoms with Gasteiger partial charge in [0.1, 0.15) is 34.3 Å². The summed E-state index contributed by atoms with van der Waals surface area (Å²) in [5.41, 5.74) is 8.27. The van der Waals surface area contributed by atoms with E-state index < -0.39 is 0 Å². The van der Waals surface area contributed by atoms with E-state index in [9.17, 15) is 15.3 Å². The fourth-order valence-corrected chi connectivity index (χ4v) is 4.82. The molecule has 1 amide bonds. The van der Waals surface area contributed by atoms with Crippen molar-refractivity contribution in [1.29, 1.82) is 10.5 Å². The molecule has 0 aliphatic carbocycles. The van der Waals surface area contributed by atoms with Crippen molar-refractivity contribution in [2.24, 2.45) is 0 Å². The average molecular weight is 484 g/mol. The highest BCUT2D eigenvalue weighted by Crippen LogP contribution is 2.38. The molecule has 0 fully saturated rings. The van der Waals surface area contributed by atoms with Gasteiger partial charge in [0.15, 0.2) is 0 Å². The monoisotopic (exact) mass is 483 g/mol. The minimum atomic E-state index is -0.226. The lowest BCUT2D eigenvalue weighted by molar-refractivity contribution is -0.115. The Hall–Kier alpha value is -3.24. The number of hydrogen-bond acceptors (Lipinski definition) is 8. The molecular formula is C22H18ClN5O2S2. The molecule has 1 aromatic carbocycles. The maximum Gasteiger partial charge on any atom is 0.225 e. The van der Waals surface area contributed by atoms with Gasteiger partial charge in [-0.1, -0.05) is 17.7 Å². The SMILES string of the molecule is COc1cc(Cl)c(C)cc1NC(=O)CCSc1nc(N)c(C#N)c(-c2cccs2)c1C#N. The number of thioether (sulfide) groups is 1. The van der Waals surface area contributed by atoms with E-state index in [1.54, 1.807) is 12.1 Å². The Morgan fingerprint density at radius 1 is 1.34 bits per heavy atom. The molecule has 2 aromatic heterocycles. The van der Waals surface area contributed by atoms with Gasteiger partial charge in [-0.25, -0.2) is 4.98 Å². The first-order valence-electron chi connectivity index (χ1n) is 9.33. The van der Waals surface area contributed by atoms with Gasteiger partial charge < -0.3 is 15.8 Å². The Kier molecular flexibility index (Phi) is 7.60. The Balaban J connectivity index is 1.77. The molecule has 0 spiro atoms. The largest absolute Gasteiger partial charge is 0.495 e. The summed E-state index contributed by atoms with van der Waals surface area (Å²) in [7, 11) is 1.50. The number of aryl methyl sites for hydroxylation is 1. The lowest BCUT2D eigenvalue weighted by Crippen LogP contribution is -2.13. The van der Waals surface area contributed by atoms with Crippen LogP contribution in [0, 0.1) is 29.6 Å². The predicted octanol–water partition coefficient (Wildman–Crippen LogP) is 5.23. The second-order valence-electron chi connectivity index (χ2n) is 6.58. The van der Waals surface area contributed by atoms with Crippen molar-refractivity contribution >= 4 is 52.1 Å². The summed E-state index contributed by atoms with van der Waals surface area (Å²) in [4.78, 5) is 17.5. The molecule has 0 aliphatic rings. The number of carbonyl (C=O) groups excluding carboxylic acids is 1. The van der Waals surface area contributed by atoms with Crippen LogP contribution in [-0.2, 0) is 4.79 Å². The fraction of sp³-hybridized carbons (Fsp3) is 0.182. The summed E-state index contributed by atoms with van der Waals surface area (Å²) in [6.45, 7) is 1.84. The molecule has 0 bridgehead atoms. The zero-order valence-corrected chi connectivity index (χ0v) is 19.6. The van der Waals surface area contributed by atoms with Crippen LogP contribution in [0.4, 0.5) is 11.5 Å². The number of hydrogen-bond donors (Lipinski definition) is 2. The molecular weight excluding hydrogens is 466 g/mol. The molecule has 32 heavy (non-hydrogen) atoms. The second-order valence-corrected chi connectivity index (χ2v) is 9.01. The number of aromatic nitrogens is 1. The molecule has 3 N–H and O–H groups in total. The first-order chi connectivity index (χ1) is 15.4. The third-order valence-electron chi connectivity index (χ3n) is 4.51. The summed E-state index contributed by atoms with van der Waals surface area (Å²) in [5.74, 6) is 0.660. The van der Waals surface area contributed by atoms with Gasteiger partial charge >= 0.3 is 0 Å². The van der Waals surface area contributed by atoms with E-state index in [2.05, 4.69) is 16.4 Å². The minimum Gasteiger partial charge on any atom is -0.495 e. The number of methoxy groups -OCH3 is 1. The number of benzene rings is 1. The number of halogens is 1. The highest BCUT2D eigenvalue weighted by molar-refractivity contribution is 7.99. The molecule has 0 saturated heterocycles. The number of rotatable bonds is 7. The number of nitrogens with one attached hydrogen (secondary N) is 1. The topological polar surface area (TPSA) is 125 Å². The summed E-state index contributed by atoms with van der Waals surface area (Å²) in [6.07, 6.45) is 0.163. The quantitative estimate of drug-likeness (QED) is 0.441. The van der Waals surface area contributed by atoms with Crippen molar-refractivity contribution < 1.29 is 9.53 Å². The smallest absolute Gasteiger partial charge is 0.225 e. The minimum absolute atomic E-state index is 0.0585. The van der Waals surface area contributed by atoms with E-state index in [0.29, 0.717) is 32.8 Å². The van der Waals surface area contributed by atoms with Crippen molar-refractivity contribution in [3.05, 3.63) is 51.4 Å². The van der Waals surface area contributed by atoms with Gasteiger partial charge in [-0.3, -0.25) is 4.79 Å². The van der Waals surface area contributed by atoms with Gasteiger partial charge in [0, 0.05) is 33.7 Å². The van der Waals surface area contributed by atoms with E-state index in [4.69, 9.17) is 22.1 Å². The van der Waals surface area contributed by atoms with Gasteiger partial charge in [0.2, 0.25) is 5.91 Å². The number of ether oxygens (including phenoxy) is 1. The summed E-state index contributed by atoms with van der Waals surface area (Å²) in [5, 5.41) is 24.9. The number of carbonyl (C=O) groups is 1. The second kappa shape index (κ2) is 10.4. The van der Waals surface area contributed by atoms with E-state index >= 15 is 0 Å². The van der Waals surface area contributed by atoms with Gasteiger partial charge in [0.25, 0.3) is 0 Å². The molecule has 3 rings (SSSR count). The van der Waals surface area contributed by atoms with E-state index in [-0.39, 0.29) is 29.3 Å². The van der Waals surface area contributed by atoms with Gasteiger partial charge in [0.05, 0.1) is 18.4 Å². The normalized spacial score (nSPS) is 10.3. The number of pyridine rings is 1. The third-order valence-corrected chi connectivity index (χ3v) is 6.78. The molecule has 10 heteroatoms. The number of nitriles is 2. The summed E-state index contributed by atoms with van der Waals surface area (Å²) in [6, 6.07) is 11.2. The number of thiophene rings is 1.